The molecule has 0 aromatic carbocycles. The van der Waals surface area contributed by atoms with E-state index in [0.29, 0.717) is 6.04 Å². The Morgan fingerprint density at radius 1 is 1.40 bits per heavy atom. The van der Waals surface area contributed by atoms with Gasteiger partial charge >= 0.3 is 0 Å². The highest BCUT2D eigenvalue weighted by atomic mass is 16.5. The molecule has 0 spiro atoms. The van der Waals surface area contributed by atoms with Crippen LogP contribution in [0.3, 0.4) is 0 Å². The quantitative estimate of drug-likeness (QED) is 0.512. The number of nitrogens with two attached hydrogens (primary N) is 1. The summed E-state index contributed by atoms with van der Waals surface area (Å²) in [5, 5.41) is 7.00. The first-order valence-electron chi connectivity index (χ1n) is 3.67. The molecule has 3 heteroatoms. The van der Waals surface area contributed by atoms with Crippen LogP contribution in [0.15, 0.2) is 0 Å². The SMILES string of the molecule is CO.NC1CCCCOC1. The van der Waals surface area contributed by atoms with Gasteiger partial charge in [0.05, 0.1) is 6.61 Å². The second kappa shape index (κ2) is 6.99. The summed E-state index contributed by atoms with van der Waals surface area (Å²) in [4.78, 5) is 0. The van der Waals surface area contributed by atoms with Crippen molar-refractivity contribution in [2.45, 2.75) is 25.3 Å². The number of hydrogen-bond donors (Lipinski definition) is 2. The van der Waals surface area contributed by atoms with Crippen molar-refractivity contribution in [2.24, 2.45) is 5.73 Å². The van der Waals surface area contributed by atoms with Crippen molar-refractivity contribution in [3.63, 3.8) is 0 Å². The van der Waals surface area contributed by atoms with Crippen molar-refractivity contribution in [1.29, 1.82) is 0 Å². The summed E-state index contributed by atoms with van der Waals surface area (Å²) in [6.07, 6.45) is 3.56. The van der Waals surface area contributed by atoms with E-state index in [1.807, 2.05) is 0 Å². The number of ether oxygens (including phenoxy) is 1. The van der Waals surface area contributed by atoms with Crippen LogP contribution >= 0.6 is 0 Å². The van der Waals surface area contributed by atoms with Crippen molar-refractivity contribution >= 4 is 0 Å². The first kappa shape index (κ1) is 9.88. The lowest BCUT2D eigenvalue weighted by Gasteiger charge is -2.03. The van der Waals surface area contributed by atoms with Gasteiger partial charge in [0.15, 0.2) is 0 Å². The highest BCUT2D eigenvalue weighted by Crippen LogP contribution is 2.04. The van der Waals surface area contributed by atoms with Crippen molar-refractivity contribution in [3.8, 4) is 0 Å². The molecule has 10 heavy (non-hydrogen) atoms. The number of rotatable bonds is 0. The smallest absolute Gasteiger partial charge is 0.0617 e. The third kappa shape index (κ3) is 4.73. The zero-order valence-corrected chi connectivity index (χ0v) is 6.55. The Labute approximate surface area is 62.2 Å². The lowest BCUT2D eigenvalue weighted by molar-refractivity contribution is 0.135. The fourth-order valence-corrected chi connectivity index (χ4v) is 0.929. The summed E-state index contributed by atoms with van der Waals surface area (Å²) in [6, 6.07) is 0.303. The van der Waals surface area contributed by atoms with Gasteiger partial charge in [0.2, 0.25) is 0 Å². The maximum Gasteiger partial charge on any atom is 0.0617 e. The summed E-state index contributed by atoms with van der Waals surface area (Å²) in [6.45, 7) is 1.67. The molecular weight excluding hydrogens is 130 g/mol. The van der Waals surface area contributed by atoms with Gasteiger partial charge in [0.1, 0.15) is 0 Å². The Hall–Kier alpha value is -0.120. The fraction of sp³-hybridized carbons (Fsp3) is 1.00. The molecule has 1 aliphatic rings. The number of aliphatic hydroxyl groups excluding tert-OH is 1. The van der Waals surface area contributed by atoms with Gasteiger partial charge in [-0.15, -0.1) is 0 Å². The van der Waals surface area contributed by atoms with Gasteiger partial charge in [-0.1, -0.05) is 0 Å². The topological polar surface area (TPSA) is 55.5 Å². The van der Waals surface area contributed by atoms with Crippen LogP contribution in [0.4, 0.5) is 0 Å². The highest BCUT2D eigenvalue weighted by molar-refractivity contribution is 4.62. The lowest BCUT2D eigenvalue weighted by Crippen LogP contribution is -2.23. The summed E-state index contributed by atoms with van der Waals surface area (Å²) < 4.78 is 5.18. The summed E-state index contributed by atoms with van der Waals surface area (Å²) >= 11 is 0. The number of hydrogen-bond acceptors (Lipinski definition) is 3. The molecule has 0 aromatic rings. The van der Waals surface area contributed by atoms with Gasteiger partial charge in [0, 0.05) is 19.8 Å². The zero-order chi connectivity index (χ0) is 7.82. The third-order valence-electron chi connectivity index (χ3n) is 1.45. The van der Waals surface area contributed by atoms with Crippen molar-refractivity contribution in [2.75, 3.05) is 20.3 Å². The predicted octanol–water partition coefficient (Wildman–Crippen LogP) is 0.123. The monoisotopic (exact) mass is 147 g/mol. The Bertz CT molecular complexity index is 60.6. The summed E-state index contributed by atoms with van der Waals surface area (Å²) in [7, 11) is 1.00. The second-order valence-corrected chi connectivity index (χ2v) is 2.33. The first-order chi connectivity index (χ1) is 4.89. The maximum absolute atomic E-state index is 7.00. The van der Waals surface area contributed by atoms with Crippen LogP contribution in [-0.4, -0.2) is 31.5 Å². The van der Waals surface area contributed by atoms with E-state index < -0.39 is 0 Å². The van der Waals surface area contributed by atoms with Crippen LogP contribution in [0.25, 0.3) is 0 Å². The average molecular weight is 147 g/mol. The molecule has 0 aliphatic carbocycles. The van der Waals surface area contributed by atoms with Crippen molar-refractivity contribution in [3.05, 3.63) is 0 Å². The molecule has 1 rings (SSSR count). The molecule has 1 aliphatic heterocycles. The van der Waals surface area contributed by atoms with E-state index in [1.165, 1.54) is 12.8 Å². The highest BCUT2D eigenvalue weighted by Gasteiger charge is 2.05. The van der Waals surface area contributed by atoms with E-state index in [9.17, 15) is 0 Å². The molecule has 1 atom stereocenters. The standard InChI is InChI=1S/C6H13NO.CH4O/c7-6-3-1-2-4-8-5-6;1-2/h6H,1-5,7H2;2H,1H3. The van der Waals surface area contributed by atoms with E-state index >= 15 is 0 Å². The van der Waals surface area contributed by atoms with Gasteiger partial charge in [0.25, 0.3) is 0 Å². The lowest BCUT2D eigenvalue weighted by atomic mass is 10.2. The van der Waals surface area contributed by atoms with Crippen molar-refractivity contribution in [1.82, 2.24) is 0 Å². The van der Waals surface area contributed by atoms with Crippen LogP contribution in [0.1, 0.15) is 19.3 Å². The average Bonchev–Trinajstić information content (AvgIpc) is 2.21. The minimum Gasteiger partial charge on any atom is -0.400 e. The van der Waals surface area contributed by atoms with E-state index in [1.54, 1.807) is 0 Å². The first-order valence-corrected chi connectivity index (χ1v) is 3.67. The molecular formula is C7H17NO2. The molecule has 62 valence electrons. The molecule has 1 fully saturated rings. The van der Waals surface area contributed by atoms with Gasteiger partial charge in [-0.25, -0.2) is 0 Å². The molecule has 0 radical (unpaired) electrons. The van der Waals surface area contributed by atoms with Crippen LogP contribution in [-0.2, 0) is 4.74 Å². The van der Waals surface area contributed by atoms with Crippen molar-refractivity contribution < 1.29 is 9.84 Å². The summed E-state index contributed by atoms with van der Waals surface area (Å²) in [5.41, 5.74) is 5.61. The third-order valence-corrected chi connectivity index (χ3v) is 1.45. The van der Waals surface area contributed by atoms with Crippen LogP contribution in [0, 0.1) is 0 Å². The Balaban J connectivity index is 0.000000371. The Morgan fingerprint density at radius 2 is 2.10 bits per heavy atom. The normalized spacial score (nSPS) is 26.1. The van der Waals surface area contributed by atoms with Crippen LogP contribution < -0.4 is 5.73 Å². The maximum atomic E-state index is 7.00. The van der Waals surface area contributed by atoms with Crippen LogP contribution in [0.5, 0.6) is 0 Å². The zero-order valence-electron chi connectivity index (χ0n) is 6.55. The van der Waals surface area contributed by atoms with Gasteiger partial charge in [-0.3, -0.25) is 0 Å². The fourth-order valence-electron chi connectivity index (χ4n) is 0.929. The molecule has 3 nitrogen and oxygen atoms in total. The molecule has 1 saturated heterocycles. The molecule has 0 aromatic heterocycles. The molecule has 0 bridgehead atoms. The van der Waals surface area contributed by atoms with Crippen LogP contribution in [0.2, 0.25) is 0 Å². The Morgan fingerprint density at radius 3 is 2.80 bits per heavy atom. The van der Waals surface area contributed by atoms with E-state index in [-0.39, 0.29) is 0 Å². The van der Waals surface area contributed by atoms with E-state index in [2.05, 4.69) is 0 Å². The molecule has 0 saturated carbocycles. The largest absolute Gasteiger partial charge is 0.400 e. The molecule has 1 unspecified atom stereocenters. The number of aliphatic hydroxyl groups is 1. The van der Waals surface area contributed by atoms with E-state index in [0.717, 1.165) is 26.7 Å². The summed E-state index contributed by atoms with van der Waals surface area (Å²) in [5.74, 6) is 0. The second-order valence-electron chi connectivity index (χ2n) is 2.33. The Kier molecular flexibility index (Phi) is 6.91. The predicted molar refractivity (Wildman–Crippen MR) is 40.8 cm³/mol. The van der Waals surface area contributed by atoms with Gasteiger partial charge in [-0.2, -0.15) is 0 Å². The minimum atomic E-state index is 0.303. The van der Waals surface area contributed by atoms with Gasteiger partial charge in [-0.05, 0) is 19.3 Å². The molecule has 3 N–H and O–H groups in total. The van der Waals surface area contributed by atoms with E-state index in [4.69, 9.17) is 15.6 Å². The van der Waals surface area contributed by atoms with Gasteiger partial charge < -0.3 is 15.6 Å². The molecule has 0 amide bonds. The minimum absolute atomic E-state index is 0.303. The molecule has 1 heterocycles.